The van der Waals surface area contributed by atoms with Gasteiger partial charge >= 0.3 is 12.0 Å². The van der Waals surface area contributed by atoms with Crippen molar-refractivity contribution in [3.05, 3.63) is 35.9 Å². The zero-order valence-corrected chi connectivity index (χ0v) is 14.4. The third kappa shape index (κ3) is 5.53. The highest BCUT2D eigenvalue weighted by Crippen LogP contribution is 2.21. The van der Waals surface area contributed by atoms with Crippen LogP contribution in [0.4, 0.5) is 4.79 Å². The van der Waals surface area contributed by atoms with Crippen molar-refractivity contribution in [3.63, 3.8) is 0 Å². The van der Waals surface area contributed by atoms with Gasteiger partial charge < -0.3 is 20.2 Å². The second-order valence-corrected chi connectivity index (χ2v) is 6.74. The predicted molar refractivity (Wildman–Crippen MR) is 92.7 cm³/mol. The fourth-order valence-electron chi connectivity index (χ4n) is 3.14. The minimum Gasteiger partial charge on any atom is -0.481 e. The summed E-state index contributed by atoms with van der Waals surface area (Å²) in [5, 5.41) is 12.1. The van der Waals surface area contributed by atoms with Gasteiger partial charge in [0.25, 0.3) is 0 Å². The number of rotatable bonds is 6. The number of piperidine rings is 1. The molecule has 1 fully saturated rings. The summed E-state index contributed by atoms with van der Waals surface area (Å²) in [6, 6.07) is 10.0. The van der Waals surface area contributed by atoms with Crippen LogP contribution in [-0.2, 0) is 11.3 Å². The van der Waals surface area contributed by atoms with E-state index in [9.17, 15) is 14.7 Å². The van der Waals surface area contributed by atoms with Gasteiger partial charge in [0.05, 0.1) is 5.92 Å². The topological polar surface area (TPSA) is 72.9 Å². The van der Waals surface area contributed by atoms with E-state index in [0.29, 0.717) is 26.1 Å². The van der Waals surface area contributed by atoms with Gasteiger partial charge in [-0.2, -0.15) is 0 Å². The number of carbonyl (C=O) groups is 2. The van der Waals surface area contributed by atoms with E-state index < -0.39 is 11.9 Å². The van der Waals surface area contributed by atoms with Gasteiger partial charge in [-0.15, -0.1) is 0 Å². The number of nitrogens with one attached hydrogen (secondary N) is 1. The standard InChI is InChI=1S/C18H27N3O3/c1-14-10-16(17(22)23)13-21(11-14)18(24)19-8-9-20(2)12-15-6-4-3-5-7-15/h3-7,14,16H,8-13H2,1-2H3,(H,19,24)(H,22,23). The lowest BCUT2D eigenvalue weighted by molar-refractivity contribution is -0.143. The Morgan fingerprint density at radius 1 is 1.29 bits per heavy atom. The van der Waals surface area contributed by atoms with E-state index in [1.54, 1.807) is 4.90 Å². The Balaban J connectivity index is 1.73. The molecule has 1 aromatic carbocycles. The second kappa shape index (κ2) is 8.68. The van der Waals surface area contributed by atoms with E-state index in [1.165, 1.54) is 5.56 Å². The summed E-state index contributed by atoms with van der Waals surface area (Å²) in [5.74, 6) is -1.06. The molecule has 0 saturated carbocycles. The number of carbonyl (C=O) groups excluding carboxylic acids is 1. The number of amides is 2. The highest BCUT2D eigenvalue weighted by molar-refractivity contribution is 5.76. The summed E-state index contributed by atoms with van der Waals surface area (Å²) in [6.07, 6.45) is 0.638. The molecule has 0 bridgehead atoms. The van der Waals surface area contributed by atoms with Crippen molar-refractivity contribution < 1.29 is 14.7 Å². The van der Waals surface area contributed by atoms with Crippen LogP contribution in [0.15, 0.2) is 30.3 Å². The summed E-state index contributed by atoms with van der Waals surface area (Å²) in [5.41, 5.74) is 1.24. The number of urea groups is 1. The average molecular weight is 333 g/mol. The van der Waals surface area contributed by atoms with Gasteiger partial charge in [-0.05, 0) is 24.9 Å². The van der Waals surface area contributed by atoms with Crippen LogP contribution in [0.3, 0.4) is 0 Å². The molecular formula is C18H27N3O3. The first kappa shape index (κ1) is 18.3. The molecule has 1 aliphatic rings. The maximum absolute atomic E-state index is 12.3. The normalized spacial score (nSPS) is 20.9. The Morgan fingerprint density at radius 2 is 2.00 bits per heavy atom. The Kier molecular flexibility index (Phi) is 6.61. The summed E-state index contributed by atoms with van der Waals surface area (Å²) in [6.45, 7) is 5.03. The molecule has 0 aromatic heterocycles. The zero-order valence-electron chi connectivity index (χ0n) is 14.4. The van der Waals surface area contributed by atoms with E-state index in [1.807, 2.05) is 32.2 Å². The van der Waals surface area contributed by atoms with Crippen LogP contribution in [0.2, 0.25) is 0 Å². The van der Waals surface area contributed by atoms with Crippen molar-refractivity contribution in [1.29, 1.82) is 0 Å². The predicted octanol–water partition coefficient (Wildman–Crippen LogP) is 1.87. The first-order chi connectivity index (χ1) is 11.5. The summed E-state index contributed by atoms with van der Waals surface area (Å²) >= 11 is 0. The number of likely N-dealkylation sites (N-methyl/N-ethyl adjacent to an activating group) is 1. The molecule has 2 atom stereocenters. The smallest absolute Gasteiger partial charge is 0.317 e. The van der Waals surface area contributed by atoms with Crippen molar-refractivity contribution in [2.45, 2.75) is 19.9 Å². The molecule has 1 aliphatic heterocycles. The van der Waals surface area contributed by atoms with E-state index in [4.69, 9.17) is 0 Å². The van der Waals surface area contributed by atoms with E-state index in [-0.39, 0.29) is 11.9 Å². The molecule has 2 amide bonds. The van der Waals surface area contributed by atoms with E-state index >= 15 is 0 Å². The molecule has 6 nitrogen and oxygen atoms in total. The van der Waals surface area contributed by atoms with Crippen LogP contribution >= 0.6 is 0 Å². The first-order valence-corrected chi connectivity index (χ1v) is 8.43. The third-order valence-corrected chi connectivity index (χ3v) is 4.36. The van der Waals surface area contributed by atoms with Crippen molar-refractivity contribution in [3.8, 4) is 0 Å². The SMILES string of the molecule is CC1CC(C(=O)O)CN(C(=O)NCCN(C)Cc2ccccc2)C1. The molecule has 1 saturated heterocycles. The Morgan fingerprint density at radius 3 is 2.67 bits per heavy atom. The number of carboxylic acids is 1. The molecule has 0 radical (unpaired) electrons. The fourth-order valence-corrected chi connectivity index (χ4v) is 3.14. The number of carboxylic acid groups (broad SMARTS) is 1. The van der Waals surface area contributed by atoms with Crippen LogP contribution in [-0.4, -0.2) is 60.1 Å². The molecule has 2 N–H and O–H groups in total. The maximum atomic E-state index is 12.3. The second-order valence-electron chi connectivity index (χ2n) is 6.74. The number of aliphatic carboxylic acids is 1. The van der Waals surface area contributed by atoms with Crippen molar-refractivity contribution in [1.82, 2.24) is 15.1 Å². The Labute approximate surface area is 143 Å². The third-order valence-electron chi connectivity index (χ3n) is 4.36. The summed E-state index contributed by atoms with van der Waals surface area (Å²) in [7, 11) is 2.02. The van der Waals surface area contributed by atoms with Gasteiger partial charge in [-0.25, -0.2) is 4.79 Å². The quantitative estimate of drug-likeness (QED) is 0.833. The number of benzene rings is 1. The van der Waals surface area contributed by atoms with Gasteiger partial charge in [0, 0.05) is 32.7 Å². The number of nitrogens with zero attached hydrogens (tertiary/aromatic N) is 2. The van der Waals surface area contributed by atoms with E-state index in [0.717, 1.165) is 13.1 Å². The van der Waals surface area contributed by atoms with Crippen LogP contribution in [0.25, 0.3) is 0 Å². The zero-order chi connectivity index (χ0) is 17.5. The molecular weight excluding hydrogens is 306 g/mol. The van der Waals surface area contributed by atoms with E-state index in [2.05, 4.69) is 22.3 Å². The molecule has 24 heavy (non-hydrogen) atoms. The molecule has 2 rings (SSSR count). The average Bonchev–Trinajstić information content (AvgIpc) is 2.55. The molecule has 6 heteroatoms. The van der Waals surface area contributed by atoms with Gasteiger partial charge in [-0.1, -0.05) is 37.3 Å². The van der Waals surface area contributed by atoms with Gasteiger partial charge in [0.15, 0.2) is 0 Å². The van der Waals surface area contributed by atoms with Gasteiger partial charge in [0.1, 0.15) is 0 Å². The lowest BCUT2D eigenvalue weighted by Crippen LogP contribution is -2.50. The van der Waals surface area contributed by atoms with Crippen LogP contribution in [0.5, 0.6) is 0 Å². The van der Waals surface area contributed by atoms with Gasteiger partial charge in [0.2, 0.25) is 0 Å². The molecule has 132 valence electrons. The molecule has 2 unspecified atom stereocenters. The molecule has 0 aliphatic carbocycles. The summed E-state index contributed by atoms with van der Waals surface area (Å²) in [4.78, 5) is 27.2. The van der Waals surface area contributed by atoms with Crippen molar-refractivity contribution in [2.24, 2.45) is 11.8 Å². The van der Waals surface area contributed by atoms with Crippen LogP contribution in [0.1, 0.15) is 18.9 Å². The van der Waals surface area contributed by atoms with Crippen molar-refractivity contribution >= 4 is 12.0 Å². The first-order valence-electron chi connectivity index (χ1n) is 8.43. The monoisotopic (exact) mass is 333 g/mol. The van der Waals surface area contributed by atoms with Crippen LogP contribution in [0, 0.1) is 11.8 Å². The minimum absolute atomic E-state index is 0.166. The molecule has 1 heterocycles. The highest BCUT2D eigenvalue weighted by atomic mass is 16.4. The Hall–Kier alpha value is -2.08. The van der Waals surface area contributed by atoms with Crippen LogP contribution < -0.4 is 5.32 Å². The highest BCUT2D eigenvalue weighted by Gasteiger charge is 2.31. The van der Waals surface area contributed by atoms with Gasteiger partial charge in [-0.3, -0.25) is 4.79 Å². The lowest BCUT2D eigenvalue weighted by Gasteiger charge is -2.34. The fraction of sp³-hybridized carbons (Fsp3) is 0.556. The lowest BCUT2D eigenvalue weighted by atomic mass is 9.91. The number of likely N-dealkylation sites (tertiary alicyclic amines) is 1. The summed E-state index contributed by atoms with van der Waals surface area (Å²) < 4.78 is 0. The van der Waals surface area contributed by atoms with Crippen molar-refractivity contribution in [2.75, 3.05) is 33.2 Å². The Bertz CT molecular complexity index is 550. The number of hydrogen-bond donors (Lipinski definition) is 2. The maximum Gasteiger partial charge on any atom is 0.317 e. The molecule has 0 spiro atoms. The molecule has 1 aromatic rings. The minimum atomic E-state index is -0.818. The largest absolute Gasteiger partial charge is 0.481 e. The number of hydrogen-bond acceptors (Lipinski definition) is 3.